The molecule has 4 rings (SSSR count). The van der Waals surface area contributed by atoms with Gasteiger partial charge in [0.1, 0.15) is 5.82 Å². The van der Waals surface area contributed by atoms with Gasteiger partial charge in [-0.15, -0.1) is 0 Å². The minimum Gasteiger partial charge on any atom is -0.368 e. The van der Waals surface area contributed by atoms with Gasteiger partial charge in [0.15, 0.2) is 0 Å². The topological polar surface area (TPSA) is 64.7 Å². The summed E-state index contributed by atoms with van der Waals surface area (Å²) in [6.45, 7) is 2.64. The molecule has 0 aromatic heterocycles. The van der Waals surface area contributed by atoms with Crippen LogP contribution in [0, 0.1) is 5.82 Å². The number of rotatable bonds is 5. The summed E-state index contributed by atoms with van der Waals surface area (Å²) in [5.41, 5.74) is 2.92. The molecule has 3 aromatic rings. The second kappa shape index (κ2) is 10.8. The van der Waals surface area contributed by atoms with Gasteiger partial charge in [0.2, 0.25) is 5.91 Å². The molecule has 0 radical (unpaired) electrons. The van der Waals surface area contributed by atoms with Crippen molar-refractivity contribution in [2.45, 2.75) is 6.42 Å². The molecule has 1 fully saturated rings. The maximum atomic E-state index is 13.1. The number of amides is 3. The Hall–Kier alpha value is -3.29. The number of hydrogen-bond donors (Lipinski definition) is 2. The van der Waals surface area contributed by atoms with Crippen LogP contribution in [-0.4, -0.2) is 43.0 Å². The fourth-order valence-corrected chi connectivity index (χ4v) is 4.19. The van der Waals surface area contributed by atoms with E-state index in [9.17, 15) is 14.0 Å². The zero-order valence-electron chi connectivity index (χ0n) is 18.2. The summed E-state index contributed by atoms with van der Waals surface area (Å²) in [5.74, 6) is -0.268. The van der Waals surface area contributed by atoms with E-state index in [2.05, 4.69) is 15.5 Å². The summed E-state index contributed by atoms with van der Waals surface area (Å²) in [5, 5.41) is 6.31. The molecule has 1 aliphatic heterocycles. The Labute approximate surface area is 207 Å². The molecule has 34 heavy (non-hydrogen) atoms. The van der Waals surface area contributed by atoms with Crippen molar-refractivity contribution in [3.63, 3.8) is 0 Å². The second-order valence-electron chi connectivity index (χ2n) is 7.92. The van der Waals surface area contributed by atoms with Crippen LogP contribution in [0.3, 0.4) is 0 Å². The lowest BCUT2D eigenvalue weighted by Crippen LogP contribution is -2.49. The minimum atomic E-state index is -0.412. The molecule has 6 nitrogen and oxygen atoms in total. The molecule has 3 amide bonds. The third kappa shape index (κ3) is 6.18. The summed E-state index contributed by atoms with van der Waals surface area (Å²) in [4.78, 5) is 28.9. The number of anilines is 3. The van der Waals surface area contributed by atoms with Gasteiger partial charge < -0.3 is 20.4 Å². The van der Waals surface area contributed by atoms with Crippen LogP contribution in [0.4, 0.5) is 26.2 Å². The van der Waals surface area contributed by atoms with E-state index in [0.717, 1.165) is 11.3 Å². The Morgan fingerprint density at radius 1 is 0.853 bits per heavy atom. The van der Waals surface area contributed by atoms with Crippen molar-refractivity contribution in [3.05, 3.63) is 88.2 Å². The highest BCUT2D eigenvalue weighted by atomic mass is 35.5. The van der Waals surface area contributed by atoms with Crippen LogP contribution in [0.25, 0.3) is 0 Å². The monoisotopic (exact) mass is 500 g/mol. The third-order valence-corrected chi connectivity index (χ3v) is 6.12. The van der Waals surface area contributed by atoms with Crippen LogP contribution in [0.15, 0.2) is 66.7 Å². The van der Waals surface area contributed by atoms with Crippen LogP contribution in [0.5, 0.6) is 0 Å². The Morgan fingerprint density at radius 3 is 2.18 bits per heavy atom. The van der Waals surface area contributed by atoms with Gasteiger partial charge in [0.05, 0.1) is 17.1 Å². The van der Waals surface area contributed by atoms with E-state index >= 15 is 0 Å². The Bertz CT molecular complexity index is 1160. The van der Waals surface area contributed by atoms with Crippen molar-refractivity contribution in [1.82, 2.24) is 4.90 Å². The molecular formula is C25H23Cl2FN4O2. The molecule has 0 spiro atoms. The fraction of sp³-hybridized carbons (Fsp3) is 0.200. The van der Waals surface area contributed by atoms with Gasteiger partial charge >= 0.3 is 6.03 Å². The number of nitrogens with zero attached hydrogens (tertiary/aromatic N) is 2. The predicted molar refractivity (Wildman–Crippen MR) is 134 cm³/mol. The SMILES string of the molecule is O=C(Nc1ccc(N2CCN(C(=O)Cc3ccc(F)cc3)CC2)cc1)Nc1ccc(Cl)cc1Cl. The number of carbonyl (C=O) groups is 2. The van der Waals surface area contributed by atoms with Crippen LogP contribution in [0.2, 0.25) is 10.0 Å². The highest BCUT2D eigenvalue weighted by Gasteiger charge is 2.21. The van der Waals surface area contributed by atoms with Crippen molar-refractivity contribution < 1.29 is 14.0 Å². The fourth-order valence-electron chi connectivity index (χ4n) is 3.73. The Morgan fingerprint density at radius 2 is 1.53 bits per heavy atom. The van der Waals surface area contributed by atoms with Crippen LogP contribution < -0.4 is 15.5 Å². The summed E-state index contributed by atoms with van der Waals surface area (Å²) in [7, 11) is 0. The van der Waals surface area contributed by atoms with Gasteiger partial charge in [-0.2, -0.15) is 0 Å². The van der Waals surface area contributed by atoms with Gasteiger partial charge in [-0.1, -0.05) is 35.3 Å². The van der Waals surface area contributed by atoms with E-state index in [1.54, 1.807) is 30.3 Å². The number of nitrogens with one attached hydrogen (secondary N) is 2. The lowest BCUT2D eigenvalue weighted by Gasteiger charge is -2.36. The van der Waals surface area contributed by atoms with E-state index in [1.807, 2.05) is 29.2 Å². The average Bonchev–Trinajstić information content (AvgIpc) is 2.83. The molecule has 3 aromatic carbocycles. The number of hydrogen-bond acceptors (Lipinski definition) is 3. The van der Waals surface area contributed by atoms with Crippen molar-refractivity contribution in [3.8, 4) is 0 Å². The zero-order chi connectivity index (χ0) is 24.1. The summed E-state index contributed by atoms with van der Waals surface area (Å²) in [6.07, 6.45) is 0.268. The Balaban J connectivity index is 1.26. The Kier molecular flexibility index (Phi) is 7.55. The molecule has 9 heteroatoms. The third-order valence-electron chi connectivity index (χ3n) is 5.57. The first-order chi connectivity index (χ1) is 16.4. The molecule has 176 valence electrons. The second-order valence-corrected chi connectivity index (χ2v) is 8.76. The normalized spacial score (nSPS) is 13.5. The molecule has 0 aliphatic carbocycles. The quantitative estimate of drug-likeness (QED) is 0.474. The summed E-state index contributed by atoms with van der Waals surface area (Å²) >= 11 is 12.0. The molecule has 0 saturated carbocycles. The molecule has 0 atom stereocenters. The lowest BCUT2D eigenvalue weighted by molar-refractivity contribution is -0.130. The minimum absolute atomic E-state index is 0.0395. The van der Waals surface area contributed by atoms with Gasteiger partial charge in [-0.3, -0.25) is 4.79 Å². The smallest absolute Gasteiger partial charge is 0.323 e. The van der Waals surface area contributed by atoms with Crippen LogP contribution >= 0.6 is 23.2 Å². The highest BCUT2D eigenvalue weighted by molar-refractivity contribution is 6.36. The van der Waals surface area contributed by atoms with Crippen molar-refractivity contribution in [1.29, 1.82) is 0 Å². The van der Waals surface area contributed by atoms with E-state index in [4.69, 9.17) is 23.2 Å². The molecule has 0 unspecified atom stereocenters. The number of benzene rings is 3. The van der Waals surface area contributed by atoms with Crippen LogP contribution in [-0.2, 0) is 11.2 Å². The number of urea groups is 1. The van der Waals surface area contributed by atoms with Crippen LogP contribution in [0.1, 0.15) is 5.56 Å². The molecule has 1 heterocycles. The standard InChI is InChI=1S/C25H23Cl2FN4O2/c26-18-3-10-23(22(27)16-18)30-25(34)29-20-6-8-21(9-7-20)31-11-13-32(14-12-31)24(33)15-17-1-4-19(28)5-2-17/h1-10,16H,11-15H2,(H2,29,30,34). The first-order valence-electron chi connectivity index (χ1n) is 10.8. The predicted octanol–water partition coefficient (Wildman–Crippen LogP) is 5.67. The van der Waals surface area contributed by atoms with Gasteiger partial charge in [0.25, 0.3) is 0 Å². The summed E-state index contributed by atoms with van der Waals surface area (Å²) in [6, 6.07) is 18.0. The first kappa shape index (κ1) is 23.9. The maximum Gasteiger partial charge on any atom is 0.323 e. The largest absolute Gasteiger partial charge is 0.368 e. The zero-order valence-corrected chi connectivity index (χ0v) is 19.7. The van der Waals surface area contributed by atoms with Gasteiger partial charge in [-0.05, 0) is 60.2 Å². The first-order valence-corrected chi connectivity index (χ1v) is 11.5. The molecule has 1 aliphatic rings. The number of carbonyl (C=O) groups excluding carboxylic acids is 2. The number of halogens is 3. The highest BCUT2D eigenvalue weighted by Crippen LogP contribution is 2.26. The van der Waals surface area contributed by atoms with Crippen molar-refractivity contribution in [2.75, 3.05) is 41.7 Å². The van der Waals surface area contributed by atoms with Gasteiger partial charge in [0, 0.05) is 42.6 Å². The van der Waals surface area contributed by atoms with Crippen molar-refractivity contribution >= 4 is 52.2 Å². The molecular weight excluding hydrogens is 478 g/mol. The van der Waals surface area contributed by atoms with E-state index in [0.29, 0.717) is 47.6 Å². The van der Waals surface area contributed by atoms with E-state index in [-0.39, 0.29) is 18.1 Å². The summed E-state index contributed by atoms with van der Waals surface area (Å²) < 4.78 is 13.1. The molecule has 0 bridgehead atoms. The molecule has 1 saturated heterocycles. The molecule has 2 N–H and O–H groups in total. The maximum absolute atomic E-state index is 13.1. The lowest BCUT2D eigenvalue weighted by atomic mass is 10.1. The van der Waals surface area contributed by atoms with Gasteiger partial charge in [-0.25, -0.2) is 9.18 Å². The van der Waals surface area contributed by atoms with E-state index < -0.39 is 6.03 Å². The average molecular weight is 501 g/mol. The van der Waals surface area contributed by atoms with E-state index in [1.165, 1.54) is 12.1 Å². The van der Waals surface area contributed by atoms with Crippen molar-refractivity contribution in [2.24, 2.45) is 0 Å². The number of piperazine rings is 1.